The number of hydrogen-bond donors (Lipinski definition) is 0. The highest BCUT2D eigenvalue weighted by Crippen LogP contribution is 2.16. The molecule has 0 spiro atoms. The molecule has 1 atom stereocenters. The molecule has 0 N–H and O–H groups in total. The van der Waals surface area contributed by atoms with Gasteiger partial charge in [-0.15, -0.1) is 0 Å². The molecule has 4 nitrogen and oxygen atoms in total. The number of carbonyl (C=O) groups is 1. The van der Waals surface area contributed by atoms with Crippen LogP contribution in [0.5, 0.6) is 0 Å². The zero-order chi connectivity index (χ0) is 13.2. The van der Waals surface area contributed by atoms with Crippen molar-refractivity contribution in [3.8, 4) is 0 Å². The normalized spacial score (nSPS) is 23.0. The zero-order valence-corrected chi connectivity index (χ0v) is 12.0. The molecule has 17 heavy (non-hydrogen) atoms. The quantitative estimate of drug-likeness (QED) is 0.707. The first-order chi connectivity index (χ1) is 7.70. The van der Waals surface area contributed by atoms with Crippen molar-refractivity contribution < 1.29 is 9.53 Å². The molecule has 1 unspecified atom stereocenters. The van der Waals surface area contributed by atoms with Gasteiger partial charge in [-0.25, -0.2) is 4.79 Å². The van der Waals surface area contributed by atoms with Crippen LogP contribution >= 0.6 is 0 Å². The molecule has 0 aromatic heterocycles. The van der Waals surface area contributed by atoms with Gasteiger partial charge in [0, 0.05) is 31.7 Å². The van der Waals surface area contributed by atoms with Crippen molar-refractivity contribution in [3.05, 3.63) is 0 Å². The third kappa shape index (κ3) is 4.19. The molecule has 1 fully saturated rings. The number of ether oxygens (including phenoxy) is 1. The number of nitrogens with zero attached hydrogens (tertiary/aromatic N) is 2. The number of piperazine rings is 1. The van der Waals surface area contributed by atoms with E-state index in [9.17, 15) is 4.79 Å². The summed E-state index contributed by atoms with van der Waals surface area (Å²) in [7, 11) is 0. The standard InChI is InChI=1S/C13H26N2O2/c1-10(2)15-8-7-14(9-11(15)3)12(16)17-13(4,5)6/h10-11H,7-9H2,1-6H3. The largest absolute Gasteiger partial charge is 0.444 e. The van der Waals surface area contributed by atoms with Gasteiger partial charge in [0.05, 0.1) is 0 Å². The Morgan fingerprint density at radius 1 is 1.29 bits per heavy atom. The second-order valence-electron chi connectivity index (χ2n) is 6.11. The molecule has 1 heterocycles. The minimum Gasteiger partial charge on any atom is -0.444 e. The van der Waals surface area contributed by atoms with Crippen LogP contribution in [-0.2, 0) is 4.74 Å². The summed E-state index contributed by atoms with van der Waals surface area (Å²) in [6.07, 6.45) is -0.187. The summed E-state index contributed by atoms with van der Waals surface area (Å²) >= 11 is 0. The fourth-order valence-electron chi connectivity index (χ4n) is 2.23. The predicted octanol–water partition coefficient (Wildman–Crippen LogP) is 2.34. The van der Waals surface area contributed by atoms with E-state index < -0.39 is 5.60 Å². The summed E-state index contributed by atoms with van der Waals surface area (Å²) in [5.74, 6) is 0. The van der Waals surface area contributed by atoms with E-state index in [0.717, 1.165) is 19.6 Å². The molecule has 0 bridgehead atoms. The fourth-order valence-corrected chi connectivity index (χ4v) is 2.23. The average molecular weight is 242 g/mol. The highest BCUT2D eigenvalue weighted by atomic mass is 16.6. The molecule has 1 aliphatic rings. The Morgan fingerprint density at radius 3 is 2.29 bits per heavy atom. The van der Waals surface area contributed by atoms with Gasteiger partial charge in [0.1, 0.15) is 5.60 Å². The van der Waals surface area contributed by atoms with Gasteiger partial charge >= 0.3 is 6.09 Å². The maximum Gasteiger partial charge on any atom is 0.410 e. The molecule has 0 saturated carbocycles. The molecule has 100 valence electrons. The molecule has 1 rings (SSSR count). The van der Waals surface area contributed by atoms with E-state index in [2.05, 4.69) is 25.7 Å². The lowest BCUT2D eigenvalue weighted by Crippen LogP contribution is -2.56. The first-order valence-electron chi connectivity index (χ1n) is 6.44. The predicted molar refractivity (Wildman–Crippen MR) is 69.1 cm³/mol. The lowest BCUT2D eigenvalue weighted by molar-refractivity contribution is 0.000847. The maximum absolute atomic E-state index is 11.9. The lowest BCUT2D eigenvalue weighted by atomic mass is 10.1. The van der Waals surface area contributed by atoms with Crippen molar-refractivity contribution in [1.29, 1.82) is 0 Å². The third-order valence-electron chi connectivity index (χ3n) is 2.99. The van der Waals surface area contributed by atoms with E-state index >= 15 is 0 Å². The van der Waals surface area contributed by atoms with Crippen LogP contribution < -0.4 is 0 Å². The van der Waals surface area contributed by atoms with Gasteiger partial charge < -0.3 is 9.64 Å². The topological polar surface area (TPSA) is 32.8 Å². The van der Waals surface area contributed by atoms with Gasteiger partial charge in [0.25, 0.3) is 0 Å². The van der Waals surface area contributed by atoms with Crippen molar-refractivity contribution in [3.63, 3.8) is 0 Å². The average Bonchev–Trinajstić information content (AvgIpc) is 2.14. The zero-order valence-electron chi connectivity index (χ0n) is 12.0. The van der Waals surface area contributed by atoms with Crippen LogP contribution in [0.3, 0.4) is 0 Å². The second-order valence-corrected chi connectivity index (χ2v) is 6.11. The van der Waals surface area contributed by atoms with E-state index in [1.807, 2.05) is 25.7 Å². The van der Waals surface area contributed by atoms with Crippen molar-refractivity contribution in [1.82, 2.24) is 9.80 Å². The van der Waals surface area contributed by atoms with E-state index in [4.69, 9.17) is 4.74 Å². The Bertz CT molecular complexity index is 271. The first kappa shape index (κ1) is 14.3. The summed E-state index contributed by atoms with van der Waals surface area (Å²) < 4.78 is 5.39. The van der Waals surface area contributed by atoms with Crippen LogP contribution in [-0.4, -0.2) is 53.2 Å². The Kier molecular flexibility index (Phi) is 4.42. The van der Waals surface area contributed by atoms with Crippen molar-refractivity contribution in [2.24, 2.45) is 0 Å². The van der Waals surface area contributed by atoms with Crippen LogP contribution in [0.25, 0.3) is 0 Å². The van der Waals surface area contributed by atoms with Gasteiger partial charge in [0.15, 0.2) is 0 Å². The van der Waals surface area contributed by atoms with Gasteiger partial charge in [-0.3, -0.25) is 4.90 Å². The van der Waals surface area contributed by atoms with Crippen LogP contribution in [0.4, 0.5) is 4.79 Å². The maximum atomic E-state index is 11.9. The van der Waals surface area contributed by atoms with Gasteiger partial charge in [0.2, 0.25) is 0 Å². The summed E-state index contributed by atoms with van der Waals surface area (Å²) in [6.45, 7) is 14.7. The molecule has 0 aliphatic carbocycles. The molecule has 0 aromatic carbocycles. The summed E-state index contributed by atoms with van der Waals surface area (Å²) in [4.78, 5) is 16.2. The number of carbonyl (C=O) groups excluding carboxylic acids is 1. The second kappa shape index (κ2) is 5.25. The molecule has 0 radical (unpaired) electrons. The SMILES string of the molecule is CC(C)N1CCN(C(=O)OC(C)(C)C)CC1C. The summed E-state index contributed by atoms with van der Waals surface area (Å²) in [6, 6.07) is 0.932. The summed E-state index contributed by atoms with van der Waals surface area (Å²) in [5.41, 5.74) is -0.407. The Hall–Kier alpha value is -0.770. The number of amides is 1. The van der Waals surface area contributed by atoms with Gasteiger partial charge in [-0.05, 0) is 41.5 Å². The Balaban J connectivity index is 2.52. The van der Waals surface area contributed by atoms with Crippen LogP contribution in [0.15, 0.2) is 0 Å². The van der Waals surface area contributed by atoms with Crippen LogP contribution in [0, 0.1) is 0 Å². The van der Waals surface area contributed by atoms with Gasteiger partial charge in [-0.1, -0.05) is 0 Å². The minimum atomic E-state index is -0.407. The molecule has 0 aromatic rings. The molecular weight excluding hydrogens is 216 g/mol. The Morgan fingerprint density at radius 2 is 1.88 bits per heavy atom. The highest BCUT2D eigenvalue weighted by molar-refractivity contribution is 5.68. The molecule has 1 aliphatic heterocycles. The monoisotopic (exact) mass is 242 g/mol. The number of hydrogen-bond acceptors (Lipinski definition) is 3. The summed E-state index contributed by atoms with van der Waals surface area (Å²) in [5, 5.41) is 0. The molecule has 1 saturated heterocycles. The fraction of sp³-hybridized carbons (Fsp3) is 0.923. The third-order valence-corrected chi connectivity index (χ3v) is 2.99. The van der Waals surface area contributed by atoms with E-state index in [1.165, 1.54) is 0 Å². The first-order valence-corrected chi connectivity index (χ1v) is 6.44. The van der Waals surface area contributed by atoms with Crippen LogP contribution in [0.1, 0.15) is 41.5 Å². The van der Waals surface area contributed by atoms with Crippen molar-refractivity contribution in [2.45, 2.75) is 59.2 Å². The highest BCUT2D eigenvalue weighted by Gasteiger charge is 2.30. The van der Waals surface area contributed by atoms with E-state index in [0.29, 0.717) is 12.1 Å². The Labute approximate surface area is 105 Å². The smallest absolute Gasteiger partial charge is 0.410 e. The minimum absolute atomic E-state index is 0.187. The van der Waals surface area contributed by atoms with Gasteiger partial charge in [-0.2, -0.15) is 0 Å². The van der Waals surface area contributed by atoms with Crippen LogP contribution in [0.2, 0.25) is 0 Å². The van der Waals surface area contributed by atoms with E-state index in [1.54, 1.807) is 0 Å². The molecule has 1 amide bonds. The lowest BCUT2D eigenvalue weighted by Gasteiger charge is -2.42. The van der Waals surface area contributed by atoms with E-state index in [-0.39, 0.29) is 6.09 Å². The van der Waals surface area contributed by atoms with Crippen molar-refractivity contribution in [2.75, 3.05) is 19.6 Å². The molecule has 4 heteroatoms. The molecular formula is C13H26N2O2. The number of rotatable bonds is 1. The van der Waals surface area contributed by atoms with Crippen molar-refractivity contribution >= 4 is 6.09 Å².